The molecule has 1 N–H and O–H groups in total. The van der Waals surface area contributed by atoms with Gasteiger partial charge in [0.05, 0.1) is 0 Å². The van der Waals surface area contributed by atoms with Gasteiger partial charge in [0.15, 0.2) is 17.5 Å². The van der Waals surface area contributed by atoms with Gasteiger partial charge in [0.1, 0.15) is 12.1 Å². The van der Waals surface area contributed by atoms with E-state index in [9.17, 15) is 17.6 Å². The highest BCUT2D eigenvalue weighted by atomic mass is 19.2. The van der Waals surface area contributed by atoms with E-state index in [1.54, 1.807) is 0 Å². The van der Waals surface area contributed by atoms with Crippen molar-refractivity contribution < 1.29 is 17.6 Å². The molecular formula is C10H5F4N3. The SMILES string of the molecule is Fc1cc(Nc2cc(F)c(F)c(F)c2)ncn1. The van der Waals surface area contributed by atoms with E-state index in [2.05, 4.69) is 15.3 Å². The van der Waals surface area contributed by atoms with Crippen molar-refractivity contribution in [2.75, 3.05) is 5.32 Å². The molecule has 0 bridgehead atoms. The molecule has 1 heterocycles. The molecular weight excluding hydrogens is 238 g/mol. The van der Waals surface area contributed by atoms with Crippen LogP contribution in [0.15, 0.2) is 24.5 Å². The molecule has 0 aliphatic carbocycles. The van der Waals surface area contributed by atoms with Gasteiger partial charge in [-0.1, -0.05) is 0 Å². The molecule has 0 fully saturated rings. The number of aromatic nitrogens is 2. The lowest BCUT2D eigenvalue weighted by Gasteiger charge is -2.06. The minimum atomic E-state index is -1.57. The van der Waals surface area contributed by atoms with Crippen molar-refractivity contribution in [3.05, 3.63) is 47.9 Å². The third-order valence-corrected chi connectivity index (χ3v) is 1.89. The Morgan fingerprint density at radius 1 is 0.882 bits per heavy atom. The summed E-state index contributed by atoms with van der Waals surface area (Å²) in [6, 6.07) is 2.40. The summed E-state index contributed by atoms with van der Waals surface area (Å²) in [6.45, 7) is 0. The fourth-order valence-electron chi connectivity index (χ4n) is 1.18. The number of nitrogens with one attached hydrogen (secondary N) is 1. The van der Waals surface area contributed by atoms with Crippen LogP contribution in [0.4, 0.5) is 29.1 Å². The number of halogens is 4. The van der Waals surface area contributed by atoms with Crippen molar-refractivity contribution >= 4 is 11.5 Å². The second-order valence-electron chi connectivity index (χ2n) is 3.10. The molecule has 0 atom stereocenters. The smallest absolute Gasteiger partial charge is 0.218 e. The minimum Gasteiger partial charge on any atom is -0.340 e. The first-order valence-corrected chi connectivity index (χ1v) is 4.45. The molecule has 2 aromatic rings. The van der Waals surface area contributed by atoms with Crippen LogP contribution < -0.4 is 5.32 Å². The monoisotopic (exact) mass is 243 g/mol. The van der Waals surface area contributed by atoms with Crippen LogP contribution in [0.3, 0.4) is 0 Å². The zero-order valence-electron chi connectivity index (χ0n) is 8.22. The third-order valence-electron chi connectivity index (χ3n) is 1.89. The maximum absolute atomic E-state index is 12.9. The molecule has 3 nitrogen and oxygen atoms in total. The van der Waals surface area contributed by atoms with Gasteiger partial charge in [-0.25, -0.2) is 23.1 Å². The predicted molar refractivity (Wildman–Crippen MR) is 51.6 cm³/mol. The third kappa shape index (κ3) is 2.49. The summed E-state index contributed by atoms with van der Waals surface area (Å²) in [7, 11) is 0. The molecule has 17 heavy (non-hydrogen) atoms. The van der Waals surface area contributed by atoms with Crippen molar-refractivity contribution in [2.45, 2.75) is 0 Å². The van der Waals surface area contributed by atoms with Crippen LogP contribution in [-0.4, -0.2) is 9.97 Å². The highest BCUT2D eigenvalue weighted by Crippen LogP contribution is 2.20. The first-order valence-electron chi connectivity index (χ1n) is 4.45. The van der Waals surface area contributed by atoms with Gasteiger partial charge in [0, 0.05) is 23.9 Å². The lowest BCUT2D eigenvalue weighted by Crippen LogP contribution is -1.99. The maximum Gasteiger partial charge on any atom is 0.218 e. The van der Waals surface area contributed by atoms with Crippen molar-refractivity contribution in [3.8, 4) is 0 Å². The Bertz CT molecular complexity index is 536. The molecule has 0 aliphatic rings. The van der Waals surface area contributed by atoms with Gasteiger partial charge in [0.2, 0.25) is 5.95 Å². The molecule has 2 rings (SSSR count). The summed E-state index contributed by atoms with van der Waals surface area (Å²) >= 11 is 0. The van der Waals surface area contributed by atoms with Crippen LogP contribution >= 0.6 is 0 Å². The van der Waals surface area contributed by atoms with Crippen LogP contribution in [0.2, 0.25) is 0 Å². The molecule has 0 unspecified atom stereocenters. The Balaban J connectivity index is 2.31. The second kappa shape index (κ2) is 4.36. The Morgan fingerprint density at radius 3 is 2.12 bits per heavy atom. The molecule has 0 saturated carbocycles. The van der Waals surface area contributed by atoms with E-state index in [1.807, 2.05) is 0 Å². The van der Waals surface area contributed by atoms with Gasteiger partial charge >= 0.3 is 0 Å². The highest BCUT2D eigenvalue weighted by Gasteiger charge is 2.10. The van der Waals surface area contributed by atoms with Gasteiger partial charge < -0.3 is 5.32 Å². The summed E-state index contributed by atoms with van der Waals surface area (Å²) in [5, 5.41) is 2.42. The fourth-order valence-corrected chi connectivity index (χ4v) is 1.18. The van der Waals surface area contributed by atoms with Crippen molar-refractivity contribution in [1.82, 2.24) is 9.97 Å². The van der Waals surface area contributed by atoms with Crippen molar-refractivity contribution in [3.63, 3.8) is 0 Å². The average molecular weight is 243 g/mol. The predicted octanol–water partition coefficient (Wildman–Crippen LogP) is 2.78. The van der Waals surface area contributed by atoms with E-state index in [0.29, 0.717) is 0 Å². The van der Waals surface area contributed by atoms with E-state index in [0.717, 1.165) is 24.5 Å². The number of benzene rings is 1. The Kier molecular flexibility index (Phi) is 2.90. The molecule has 88 valence electrons. The summed E-state index contributed by atoms with van der Waals surface area (Å²) in [5.41, 5.74) is -0.0838. The second-order valence-corrected chi connectivity index (χ2v) is 3.10. The summed E-state index contributed by atoms with van der Waals surface area (Å²) < 4.78 is 51.1. The normalized spacial score (nSPS) is 10.4. The van der Waals surface area contributed by atoms with Crippen molar-refractivity contribution in [2.24, 2.45) is 0 Å². The summed E-state index contributed by atoms with van der Waals surface area (Å²) in [4.78, 5) is 6.82. The molecule has 1 aromatic heterocycles. The van der Waals surface area contributed by atoms with Gasteiger partial charge in [-0.15, -0.1) is 0 Å². The van der Waals surface area contributed by atoms with Crippen LogP contribution in [-0.2, 0) is 0 Å². The van der Waals surface area contributed by atoms with Gasteiger partial charge in [-0.2, -0.15) is 4.39 Å². The molecule has 1 aromatic carbocycles. The van der Waals surface area contributed by atoms with Gasteiger partial charge in [-0.3, -0.25) is 0 Å². The Hall–Kier alpha value is -2.18. The van der Waals surface area contributed by atoms with E-state index < -0.39 is 23.4 Å². The Labute approximate surface area is 93.1 Å². The summed E-state index contributed by atoms with van der Waals surface area (Å²) in [5.74, 6) is -5.05. The Morgan fingerprint density at radius 2 is 1.53 bits per heavy atom. The minimum absolute atomic E-state index is 0.00269. The number of rotatable bonds is 2. The van der Waals surface area contributed by atoms with Crippen LogP contribution in [0, 0.1) is 23.4 Å². The molecule has 0 spiro atoms. The first kappa shape index (κ1) is 11.3. The fraction of sp³-hybridized carbons (Fsp3) is 0. The average Bonchev–Trinajstić information content (AvgIpc) is 2.26. The quantitative estimate of drug-likeness (QED) is 0.500. The zero-order valence-corrected chi connectivity index (χ0v) is 8.22. The molecule has 0 amide bonds. The largest absolute Gasteiger partial charge is 0.340 e. The zero-order chi connectivity index (χ0) is 12.4. The standard InChI is InChI=1S/C10H5F4N3/c11-6-1-5(2-7(12)10(6)14)17-9-3-8(13)15-4-16-9/h1-4H,(H,15,16,17). The van der Waals surface area contributed by atoms with Crippen molar-refractivity contribution in [1.29, 1.82) is 0 Å². The topological polar surface area (TPSA) is 37.8 Å². The maximum atomic E-state index is 12.9. The molecule has 0 radical (unpaired) electrons. The van der Waals surface area contributed by atoms with Crippen LogP contribution in [0.5, 0.6) is 0 Å². The number of anilines is 2. The van der Waals surface area contributed by atoms with Gasteiger partial charge in [-0.05, 0) is 0 Å². The number of hydrogen-bond donors (Lipinski definition) is 1. The highest BCUT2D eigenvalue weighted by molar-refractivity contribution is 5.55. The van der Waals surface area contributed by atoms with E-state index >= 15 is 0 Å². The lowest BCUT2D eigenvalue weighted by molar-refractivity contribution is 0.448. The molecule has 7 heteroatoms. The first-order chi connectivity index (χ1) is 8.06. The summed E-state index contributed by atoms with van der Waals surface area (Å²) in [6.07, 6.45) is 0.938. The van der Waals surface area contributed by atoms with E-state index in [4.69, 9.17) is 0 Å². The van der Waals surface area contributed by atoms with E-state index in [1.165, 1.54) is 0 Å². The number of hydrogen-bond acceptors (Lipinski definition) is 3. The number of nitrogens with zero attached hydrogens (tertiary/aromatic N) is 2. The van der Waals surface area contributed by atoms with Crippen LogP contribution in [0.25, 0.3) is 0 Å². The lowest BCUT2D eigenvalue weighted by atomic mass is 10.3. The molecule has 0 saturated heterocycles. The molecule has 0 aliphatic heterocycles. The van der Waals surface area contributed by atoms with Gasteiger partial charge in [0.25, 0.3) is 0 Å². The van der Waals surface area contributed by atoms with Crippen LogP contribution in [0.1, 0.15) is 0 Å². The van der Waals surface area contributed by atoms with E-state index in [-0.39, 0.29) is 11.5 Å².